The van der Waals surface area contributed by atoms with Crippen molar-refractivity contribution in [3.05, 3.63) is 40.8 Å². The third-order valence-electron chi connectivity index (χ3n) is 4.04. The summed E-state index contributed by atoms with van der Waals surface area (Å²) in [6.07, 6.45) is 0.711. The first-order valence-corrected chi connectivity index (χ1v) is 7.01. The lowest BCUT2D eigenvalue weighted by Gasteiger charge is -2.31. The molecular formula is C16H18FN3O. The van der Waals surface area contributed by atoms with Gasteiger partial charge in [0, 0.05) is 50.8 Å². The van der Waals surface area contributed by atoms with Crippen molar-refractivity contribution in [2.45, 2.75) is 19.9 Å². The molecule has 1 aromatic heterocycles. The molecule has 5 heteroatoms. The van der Waals surface area contributed by atoms with E-state index in [2.05, 4.69) is 4.98 Å². The van der Waals surface area contributed by atoms with Gasteiger partial charge >= 0.3 is 6.03 Å². The van der Waals surface area contributed by atoms with Crippen LogP contribution in [0.3, 0.4) is 0 Å². The molecule has 0 bridgehead atoms. The first kappa shape index (κ1) is 13.8. The minimum absolute atomic E-state index is 0.0132. The molecule has 0 saturated carbocycles. The molecule has 0 atom stereocenters. The fraction of sp³-hybridized carbons (Fsp3) is 0.375. The number of aryl methyl sites for hydroxylation is 1. The molecule has 1 aliphatic rings. The number of urea groups is 1. The van der Waals surface area contributed by atoms with Gasteiger partial charge in [-0.25, -0.2) is 9.18 Å². The largest absolute Gasteiger partial charge is 0.331 e. The van der Waals surface area contributed by atoms with E-state index in [0.29, 0.717) is 25.0 Å². The fourth-order valence-electron chi connectivity index (χ4n) is 2.88. The highest BCUT2D eigenvalue weighted by molar-refractivity contribution is 5.84. The second-order valence-electron chi connectivity index (χ2n) is 5.67. The van der Waals surface area contributed by atoms with Crippen molar-refractivity contribution in [2.24, 2.45) is 0 Å². The number of carbonyl (C=O) groups is 1. The number of hydrogen-bond donors (Lipinski definition) is 0. The molecule has 0 radical (unpaired) electrons. The average Bonchev–Trinajstić information content (AvgIpc) is 2.46. The number of fused-ring (bicyclic) bond motifs is 2. The lowest BCUT2D eigenvalue weighted by atomic mass is 9.97. The van der Waals surface area contributed by atoms with Crippen LogP contribution in [0.1, 0.15) is 16.8 Å². The van der Waals surface area contributed by atoms with Crippen LogP contribution in [-0.4, -0.2) is 41.5 Å². The highest BCUT2D eigenvalue weighted by Gasteiger charge is 2.24. The smallest absolute Gasteiger partial charge is 0.319 e. The summed E-state index contributed by atoms with van der Waals surface area (Å²) in [5.74, 6) is -0.269. The maximum absolute atomic E-state index is 13.4. The van der Waals surface area contributed by atoms with Crippen molar-refractivity contribution >= 4 is 16.9 Å². The van der Waals surface area contributed by atoms with Crippen molar-refractivity contribution in [3.63, 3.8) is 0 Å². The Morgan fingerprint density at radius 1 is 1.38 bits per heavy atom. The van der Waals surface area contributed by atoms with Crippen molar-refractivity contribution < 1.29 is 9.18 Å². The number of hydrogen-bond acceptors (Lipinski definition) is 2. The van der Waals surface area contributed by atoms with Crippen LogP contribution in [0.5, 0.6) is 0 Å². The highest BCUT2D eigenvalue weighted by atomic mass is 19.1. The van der Waals surface area contributed by atoms with Crippen LogP contribution in [0.15, 0.2) is 18.2 Å². The van der Waals surface area contributed by atoms with Gasteiger partial charge in [0.25, 0.3) is 0 Å². The monoisotopic (exact) mass is 287 g/mol. The molecule has 21 heavy (non-hydrogen) atoms. The summed E-state index contributed by atoms with van der Waals surface area (Å²) in [7, 11) is 3.51. The van der Waals surface area contributed by atoms with Gasteiger partial charge in [-0.15, -0.1) is 0 Å². The zero-order valence-electron chi connectivity index (χ0n) is 12.5. The van der Waals surface area contributed by atoms with Gasteiger partial charge in [0.05, 0.1) is 5.52 Å². The molecule has 0 spiro atoms. The van der Waals surface area contributed by atoms with Gasteiger partial charge < -0.3 is 9.80 Å². The maximum atomic E-state index is 13.4. The second kappa shape index (κ2) is 4.98. The number of benzene rings is 1. The number of rotatable bonds is 0. The van der Waals surface area contributed by atoms with Crippen LogP contribution in [0.2, 0.25) is 0 Å². The molecule has 1 aliphatic heterocycles. The summed E-state index contributed by atoms with van der Waals surface area (Å²) in [5.41, 5.74) is 3.86. The zero-order chi connectivity index (χ0) is 15.1. The van der Waals surface area contributed by atoms with E-state index < -0.39 is 0 Å². The summed E-state index contributed by atoms with van der Waals surface area (Å²) >= 11 is 0. The van der Waals surface area contributed by atoms with Gasteiger partial charge in [0.1, 0.15) is 5.82 Å². The van der Waals surface area contributed by atoms with Crippen LogP contribution < -0.4 is 0 Å². The predicted octanol–water partition coefficient (Wildman–Crippen LogP) is 2.72. The van der Waals surface area contributed by atoms with Crippen LogP contribution >= 0.6 is 0 Å². The highest BCUT2D eigenvalue weighted by Crippen LogP contribution is 2.28. The van der Waals surface area contributed by atoms with Crippen LogP contribution in [0.25, 0.3) is 10.9 Å². The number of amides is 2. The Hall–Kier alpha value is -2.17. The van der Waals surface area contributed by atoms with Crippen molar-refractivity contribution in [1.29, 1.82) is 0 Å². The number of nitrogens with zero attached hydrogens (tertiary/aromatic N) is 3. The molecule has 2 aromatic rings. The molecule has 4 nitrogen and oxygen atoms in total. The van der Waals surface area contributed by atoms with Crippen molar-refractivity contribution in [1.82, 2.24) is 14.8 Å². The number of halogens is 1. The minimum atomic E-state index is -0.269. The minimum Gasteiger partial charge on any atom is -0.331 e. The van der Waals surface area contributed by atoms with Gasteiger partial charge in [0.2, 0.25) is 0 Å². The molecule has 0 N–H and O–H groups in total. The normalized spacial score (nSPS) is 14.2. The van der Waals surface area contributed by atoms with Gasteiger partial charge in [-0.3, -0.25) is 4.98 Å². The van der Waals surface area contributed by atoms with E-state index in [1.165, 1.54) is 12.1 Å². The topological polar surface area (TPSA) is 36.4 Å². The molecule has 3 rings (SSSR count). The van der Waals surface area contributed by atoms with Crippen LogP contribution in [0.4, 0.5) is 9.18 Å². The number of aromatic nitrogens is 1. The fourth-order valence-corrected chi connectivity index (χ4v) is 2.88. The summed E-state index contributed by atoms with van der Waals surface area (Å²) in [6.45, 7) is 3.24. The van der Waals surface area contributed by atoms with E-state index in [0.717, 1.165) is 22.2 Å². The molecule has 2 heterocycles. The number of pyridine rings is 1. The molecule has 0 unspecified atom stereocenters. The molecule has 0 aliphatic carbocycles. The van der Waals surface area contributed by atoms with E-state index in [1.54, 1.807) is 25.1 Å². The lowest BCUT2D eigenvalue weighted by molar-refractivity contribution is 0.165. The third-order valence-corrected chi connectivity index (χ3v) is 4.04. The molecule has 0 saturated heterocycles. The van der Waals surface area contributed by atoms with Gasteiger partial charge in [-0.2, -0.15) is 0 Å². The second-order valence-corrected chi connectivity index (χ2v) is 5.67. The molecule has 1 aromatic carbocycles. The maximum Gasteiger partial charge on any atom is 0.319 e. The number of carbonyl (C=O) groups excluding carboxylic acids is 1. The lowest BCUT2D eigenvalue weighted by Crippen LogP contribution is -2.42. The quantitative estimate of drug-likeness (QED) is 0.747. The first-order chi connectivity index (χ1) is 9.97. The Morgan fingerprint density at radius 3 is 2.86 bits per heavy atom. The van der Waals surface area contributed by atoms with Crippen LogP contribution in [0, 0.1) is 12.7 Å². The molecule has 0 fully saturated rings. The van der Waals surface area contributed by atoms with Crippen molar-refractivity contribution in [3.8, 4) is 0 Å². The summed E-state index contributed by atoms with van der Waals surface area (Å²) in [5, 5.41) is 0.953. The van der Waals surface area contributed by atoms with Crippen LogP contribution in [-0.2, 0) is 13.0 Å². The predicted molar refractivity (Wildman–Crippen MR) is 79.6 cm³/mol. The molecular weight excluding hydrogens is 269 g/mol. The van der Waals surface area contributed by atoms with Gasteiger partial charge in [0.15, 0.2) is 0 Å². The summed E-state index contributed by atoms with van der Waals surface area (Å²) < 4.78 is 13.4. The van der Waals surface area contributed by atoms with Gasteiger partial charge in [-0.1, -0.05) is 0 Å². The SMILES string of the molecule is Cc1c2c(nc3cc(F)ccc13)CCN(C(=O)N(C)C)C2. The van der Waals surface area contributed by atoms with E-state index in [4.69, 9.17) is 0 Å². The summed E-state index contributed by atoms with van der Waals surface area (Å²) in [4.78, 5) is 20.1. The van der Waals surface area contributed by atoms with E-state index in [9.17, 15) is 9.18 Å². The Morgan fingerprint density at radius 2 is 2.14 bits per heavy atom. The Labute approximate surface area is 123 Å². The van der Waals surface area contributed by atoms with Crippen molar-refractivity contribution in [2.75, 3.05) is 20.6 Å². The summed E-state index contributed by atoms with van der Waals surface area (Å²) in [6, 6.07) is 4.70. The van der Waals surface area contributed by atoms with E-state index in [1.807, 2.05) is 11.8 Å². The van der Waals surface area contributed by atoms with E-state index in [-0.39, 0.29) is 11.8 Å². The Bertz CT molecular complexity index is 727. The standard InChI is InChI=1S/C16H18FN3O/c1-10-12-5-4-11(17)8-15(12)18-14-6-7-20(9-13(10)14)16(21)19(2)3/h4-5,8H,6-7,9H2,1-3H3. The molecule has 110 valence electrons. The van der Waals surface area contributed by atoms with Gasteiger partial charge in [-0.05, 0) is 30.2 Å². The first-order valence-electron chi connectivity index (χ1n) is 7.01. The Balaban J connectivity index is 2.06. The zero-order valence-corrected chi connectivity index (χ0v) is 12.5. The average molecular weight is 287 g/mol. The third kappa shape index (κ3) is 2.33. The van der Waals surface area contributed by atoms with E-state index >= 15 is 0 Å². The Kier molecular flexibility index (Phi) is 3.27. The molecule has 2 amide bonds.